The third kappa shape index (κ3) is 6.76. The summed E-state index contributed by atoms with van der Waals surface area (Å²) in [7, 11) is 3.59. The van der Waals surface area contributed by atoms with Gasteiger partial charge in [-0.3, -0.25) is 19.5 Å². The van der Waals surface area contributed by atoms with Crippen molar-refractivity contribution in [3.8, 4) is 11.5 Å². The Hall–Kier alpha value is -3.89. The molecule has 39 heavy (non-hydrogen) atoms. The summed E-state index contributed by atoms with van der Waals surface area (Å²) < 4.78 is 0. The van der Waals surface area contributed by atoms with Crippen LogP contribution in [0.1, 0.15) is 41.6 Å². The second-order valence-corrected chi connectivity index (χ2v) is 10.1. The van der Waals surface area contributed by atoms with Crippen LogP contribution in [0.2, 0.25) is 0 Å². The average Bonchev–Trinajstić information content (AvgIpc) is 3.65. The fourth-order valence-corrected chi connectivity index (χ4v) is 5.28. The van der Waals surface area contributed by atoms with Crippen molar-refractivity contribution in [2.45, 2.75) is 38.3 Å². The zero-order valence-electron chi connectivity index (χ0n) is 22.5. The SMILES string of the molecule is CN1CC(CN2CCCC2)=CN1c1ccc(O)cc1.CNC(=O)C(CCC=O)N1Cc2cc(O)ccc2C1=O. The van der Waals surface area contributed by atoms with Gasteiger partial charge < -0.3 is 25.2 Å². The molecule has 1 fully saturated rings. The van der Waals surface area contributed by atoms with Crippen LogP contribution in [0.5, 0.6) is 11.5 Å². The van der Waals surface area contributed by atoms with Gasteiger partial charge in [-0.1, -0.05) is 0 Å². The van der Waals surface area contributed by atoms with Crippen LogP contribution in [-0.2, 0) is 16.1 Å². The number of carbonyl (C=O) groups excluding carboxylic acids is 3. The van der Waals surface area contributed by atoms with Crippen LogP contribution in [0.3, 0.4) is 0 Å². The Morgan fingerprint density at radius 2 is 1.74 bits per heavy atom. The van der Waals surface area contributed by atoms with Gasteiger partial charge in [0, 0.05) is 51.9 Å². The molecule has 3 aliphatic heterocycles. The lowest BCUT2D eigenvalue weighted by Gasteiger charge is -2.25. The van der Waals surface area contributed by atoms with E-state index in [2.05, 4.69) is 33.5 Å². The number of likely N-dealkylation sites (N-methyl/N-ethyl adjacent to an activating group) is 2. The van der Waals surface area contributed by atoms with Crippen molar-refractivity contribution in [1.29, 1.82) is 0 Å². The largest absolute Gasteiger partial charge is 0.508 e. The normalized spacial score (nSPS) is 17.9. The van der Waals surface area contributed by atoms with E-state index in [0.717, 1.165) is 25.1 Å². The minimum absolute atomic E-state index is 0.0859. The summed E-state index contributed by atoms with van der Waals surface area (Å²) in [5, 5.41) is 25.7. The van der Waals surface area contributed by atoms with Crippen molar-refractivity contribution in [2.24, 2.45) is 0 Å². The van der Waals surface area contributed by atoms with E-state index in [1.165, 1.54) is 55.6 Å². The third-order valence-corrected chi connectivity index (χ3v) is 7.25. The fourth-order valence-electron chi connectivity index (χ4n) is 5.28. The van der Waals surface area contributed by atoms with E-state index < -0.39 is 6.04 Å². The van der Waals surface area contributed by atoms with Crippen molar-refractivity contribution in [1.82, 2.24) is 20.1 Å². The number of carbonyl (C=O) groups is 3. The number of fused-ring (bicyclic) bond motifs is 1. The summed E-state index contributed by atoms with van der Waals surface area (Å²) in [5.41, 5.74) is 3.73. The van der Waals surface area contributed by atoms with Crippen LogP contribution < -0.4 is 10.3 Å². The minimum atomic E-state index is -0.674. The number of hydrogen-bond donors (Lipinski definition) is 3. The summed E-state index contributed by atoms with van der Waals surface area (Å²) in [6.45, 7) is 4.80. The Labute approximate surface area is 229 Å². The maximum absolute atomic E-state index is 12.3. The Morgan fingerprint density at radius 1 is 1.05 bits per heavy atom. The van der Waals surface area contributed by atoms with E-state index in [0.29, 0.717) is 16.9 Å². The van der Waals surface area contributed by atoms with Gasteiger partial charge in [0.15, 0.2) is 0 Å². The van der Waals surface area contributed by atoms with Crippen molar-refractivity contribution in [3.05, 3.63) is 65.4 Å². The number of benzene rings is 2. The molecule has 0 radical (unpaired) electrons. The molecular weight excluding hydrogens is 498 g/mol. The molecule has 1 unspecified atom stereocenters. The zero-order valence-corrected chi connectivity index (χ0v) is 22.5. The van der Waals surface area contributed by atoms with Crippen molar-refractivity contribution >= 4 is 23.8 Å². The van der Waals surface area contributed by atoms with Crippen molar-refractivity contribution < 1.29 is 24.6 Å². The molecule has 3 heterocycles. The van der Waals surface area contributed by atoms with Crippen molar-refractivity contribution in [2.75, 3.05) is 45.3 Å². The molecule has 0 bridgehead atoms. The number of hydrazine groups is 1. The van der Waals surface area contributed by atoms with Gasteiger partial charge in [-0.05, 0) is 86.0 Å². The molecule has 3 N–H and O–H groups in total. The second kappa shape index (κ2) is 12.8. The molecule has 5 rings (SSSR count). The smallest absolute Gasteiger partial charge is 0.255 e. The molecule has 0 spiro atoms. The molecule has 2 aromatic rings. The van der Waals surface area contributed by atoms with E-state index in [9.17, 15) is 24.6 Å². The van der Waals surface area contributed by atoms with E-state index in [1.54, 1.807) is 18.2 Å². The Kier molecular flexibility index (Phi) is 9.21. The third-order valence-electron chi connectivity index (χ3n) is 7.25. The number of likely N-dealkylation sites (tertiary alicyclic amines) is 1. The molecule has 0 aliphatic carbocycles. The molecule has 0 saturated carbocycles. The lowest BCUT2D eigenvalue weighted by atomic mass is 10.1. The Balaban J connectivity index is 0.000000181. The molecule has 2 amide bonds. The summed E-state index contributed by atoms with van der Waals surface area (Å²) in [4.78, 5) is 38.7. The van der Waals surface area contributed by atoms with Crippen molar-refractivity contribution in [3.63, 3.8) is 0 Å². The first-order chi connectivity index (χ1) is 18.8. The first kappa shape index (κ1) is 28.1. The maximum Gasteiger partial charge on any atom is 0.255 e. The van der Waals surface area contributed by atoms with Gasteiger partial charge in [0.1, 0.15) is 23.8 Å². The lowest BCUT2D eigenvalue weighted by Crippen LogP contribution is -2.46. The number of nitrogens with zero attached hydrogens (tertiary/aromatic N) is 4. The number of aromatic hydroxyl groups is 2. The van der Waals surface area contributed by atoms with Crippen LogP contribution in [0.15, 0.2) is 54.2 Å². The van der Waals surface area contributed by atoms with Crippen LogP contribution in [0.4, 0.5) is 5.69 Å². The minimum Gasteiger partial charge on any atom is -0.508 e. The van der Waals surface area contributed by atoms with Crippen LogP contribution in [0.25, 0.3) is 0 Å². The molecule has 10 nitrogen and oxygen atoms in total. The first-order valence-corrected chi connectivity index (χ1v) is 13.3. The second-order valence-electron chi connectivity index (χ2n) is 10.1. The van der Waals surface area contributed by atoms with E-state index in [4.69, 9.17) is 0 Å². The molecule has 208 valence electrons. The number of hydrogen-bond acceptors (Lipinski definition) is 8. The van der Waals surface area contributed by atoms with Crippen LogP contribution >= 0.6 is 0 Å². The first-order valence-electron chi connectivity index (χ1n) is 13.3. The number of phenols is 2. The molecule has 1 saturated heterocycles. The highest BCUT2D eigenvalue weighted by Crippen LogP contribution is 2.29. The lowest BCUT2D eigenvalue weighted by molar-refractivity contribution is -0.125. The molecule has 3 aliphatic rings. The Morgan fingerprint density at radius 3 is 2.41 bits per heavy atom. The predicted molar refractivity (Wildman–Crippen MR) is 148 cm³/mol. The number of aldehydes is 1. The van der Waals surface area contributed by atoms with E-state index in [1.807, 2.05) is 12.1 Å². The highest BCUT2D eigenvalue weighted by atomic mass is 16.3. The zero-order chi connectivity index (χ0) is 27.9. The van der Waals surface area contributed by atoms with Crippen LogP contribution in [0, 0.1) is 0 Å². The van der Waals surface area contributed by atoms with E-state index in [-0.39, 0.29) is 37.0 Å². The summed E-state index contributed by atoms with van der Waals surface area (Å²) in [5.74, 6) is -0.147. The fraction of sp³-hybridized carbons (Fsp3) is 0.414. The van der Waals surface area contributed by atoms with E-state index >= 15 is 0 Å². The average molecular weight is 536 g/mol. The summed E-state index contributed by atoms with van der Waals surface area (Å²) in [6, 6.07) is 11.2. The quantitative estimate of drug-likeness (QED) is 0.442. The van der Waals surface area contributed by atoms with Gasteiger partial charge in [0.25, 0.3) is 5.91 Å². The van der Waals surface area contributed by atoms with Gasteiger partial charge in [0.2, 0.25) is 5.91 Å². The standard InChI is InChI=1S/C15H21N3O.C14H16N2O4/c1-16-10-13(11-17-8-2-3-9-17)12-18(16)14-4-6-15(19)7-5-14;1-15-13(19)12(3-2-6-17)16-8-9-7-10(18)4-5-11(9)14(16)20/h4-7,12,19H,2-3,8-11H2,1H3;4-7,12,18H,2-3,8H2,1H3,(H,15,19). The van der Waals surface area contributed by atoms with Gasteiger partial charge >= 0.3 is 0 Å². The van der Waals surface area contributed by atoms with Gasteiger partial charge in [-0.25, -0.2) is 5.01 Å². The molecule has 1 atom stereocenters. The monoisotopic (exact) mass is 535 g/mol. The summed E-state index contributed by atoms with van der Waals surface area (Å²) in [6.07, 6.45) is 6.13. The topological polar surface area (TPSA) is 117 Å². The number of anilines is 1. The molecule has 10 heteroatoms. The summed E-state index contributed by atoms with van der Waals surface area (Å²) >= 11 is 0. The molecule has 0 aromatic heterocycles. The highest BCUT2D eigenvalue weighted by Gasteiger charge is 2.35. The predicted octanol–water partition coefficient (Wildman–Crippen LogP) is 2.48. The van der Waals surface area contributed by atoms with Gasteiger partial charge in [0.05, 0.1) is 5.69 Å². The number of rotatable bonds is 8. The molecule has 2 aromatic carbocycles. The number of phenolic OH excluding ortho intramolecular Hbond substituents is 2. The maximum atomic E-state index is 12.3. The van der Waals surface area contributed by atoms with Gasteiger partial charge in [-0.15, -0.1) is 0 Å². The Bertz CT molecular complexity index is 1210. The van der Waals surface area contributed by atoms with Gasteiger partial charge in [-0.2, -0.15) is 0 Å². The number of amides is 2. The van der Waals surface area contributed by atoms with Crippen LogP contribution in [-0.4, -0.2) is 89.4 Å². The number of nitrogens with one attached hydrogen (secondary N) is 1. The molecular formula is C29H37N5O5. The highest BCUT2D eigenvalue weighted by molar-refractivity contribution is 6.01.